The fraction of sp³-hybridized carbons (Fsp3) is 0.125. The Hall–Kier alpha value is -1.91. The summed E-state index contributed by atoms with van der Waals surface area (Å²) in [5.41, 5.74) is 6.85. The first-order chi connectivity index (χ1) is 6.27. The molecule has 2 aliphatic rings. The van der Waals surface area contributed by atoms with Crippen molar-refractivity contribution in [2.75, 3.05) is 6.54 Å². The highest BCUT2D eigenvalue weighted by Gasteiger charge is 2.15. The molecule has 2 heterocycles. The highest BCUT2D eigenvalue weighted by molar-refractivity contribution is 6.13. The molecule has 0 saturated heterocycles. The van der Waals surface area contributed by atoms with Crippen LogP contribution < -0.4 is 5.73 Å². The maximum atomic E-state index is 10.8. The normalized spacial score (nSPS) is 19.2. The third kappa shape index (κ3) is 1.35. The van der Waals surface area contributed by atoms with Crippen molar-refractivity contribution in [3.63, 3.8) is 0 Å². The average molecular weight is 176 g/mol. The highest BCUT2D eigenvalue weighted by Crippen LogP contribution is 2.12. The first kappa shape index (κ1) is 7.72. The molecule has 0 saturated carbocycles. The fourth-order valence-corrected chi connectivity index (χ4v) is 1.16. The zero-order valence-corrected chi connectivity index (χ0v) is 6.84. The molecule has 0 fully saturated rings. The third-order valence-electron chi connectivity index (χ3n) is 1.81. The lowest BCUT2D eigenvalue weighted by atomic mass is 10.1. The third-order valence-corrected chi connectivity index (χ3v) is 1.81. The molecular weight excluding hydrogens is 168 g/mol. The molecule has 0 radical (unpaired) electrons. The Labute approximate surface area is 75.0 Å². The van der Waals surface area contributed by atoms with Crippen molar-refractivity contribution in [2.45, 2.75) is 0 Å². The minimum Gasteiger partial charge on any atom is -0.351 e. The van der Waals surface area contributed by atoms with E-state index in [2.05, 4.69) is 9.98 Å². The van der Waals surface area contributed by atoms with E-state index in [4.69, 9.17) is 5.73 Å². The van der Waals surface area contributed by atoms with Gasteiger partial charge < -0.3 is 5.73 Å². The molecule has 5 nitrogen and oxygen atoms in total. The van der Waals surface area contributed by atoms with Crippen LogP contribution in [-0.2, 0) is 0 Å². The van der Waals surface area contributed by atoms with Gasteiger partial charge in [0.2, 0.25) is 0 Å². The van der Waals surface area contributed by atoms with Crippen molar-refractivity contribution in [1.29, 1.82) is 0 Å². The van der Waals surface area contributed by atoms with Crippen LogP contribution in [0.15, 0.2) is 34.0 Å². The fourth-order valence-electron chi connectivity index (χ4n) is 1.16. The summed E-state index contributed by atoms with van der Waals surface area (Å²) in [7, 11) is 0. The minimum absolute atomic E-state index is 0.502. The van der Waals surface area contributed by atoms with E-state index in [1.165, 1.54) is 11.2 Å². The summed E-state index contributed by atoms with van der Waals surface area (Å²) in [6.07, 6.45) is 6.49. The van der Waals surface area contributed by atoms with Crippen LogP contribution in [0.4, 0.5) is 4.79 Å². The molecule has 0 spiro atoms. The zero-order chi connectivity index (χ0) is 9.26. The second-order valence-corrected chi connectivity index (χ2v) is 2.69. The van der Waals surface area contributed by atoms with Gasteiger partial charge in [0.25, 0.3) is 0 Å². The van der Waals surface area contributed by atoms with Crippen LogP contribution in [0.1, 0.15) is 0 Å². The number of carbonyl (C=O) groups excluding carboxylic acids is 1. The number of urea groups is 1. The van der Waals surface area contributed by atoms with Crippen LogP contribution in [0.25, 0.3) is 0 Å². The largest absolute Gasteiger partial charge is 0.351 e. The van der Waals surface area contributed by atoms with Crippen molar-refractivity contribution < 1.29 is 4.79 Å². The molecule has 13 heavy (non-hydrogen) atoms. The lowest BCUT2D eigenvalue weighted by Crippen LogP contribution is -2.30. The molecule has 2 N–H and O–H groups in total. The Morgan fingerprint density at radius 3 is 3.23 bits per heavy atom. The summed E-state index contributed by atoms with van der Waals surface area (Å²) < 4.78 is 0. The lowest BCUT2D eigenvalue weighted by molar-refractivity contribution is 0.235. The summed E-state index contributed by atoms with van der Waals surface area (Å²) in [4.78, 5) is 20.1. The molecule has 66 valence electrons. The maximum absolute atomic E-state index is 10.8. The number of rotatable bonds is 0. The van der Waals surface area contributed by atoms with E-state index in [1.54, 1.807) is 18.5 Å². The van der Waals surface area contributed by atoms with Gasteiger partial charge in [0, 0.05) is 18.0 Å². The van der Waals surface area contributed by atoms with Gasteiger partial charge in [0.05, 0.1) is 12.3 Å². The van der Waals surface area contributed by atoms with Gasteiger partial charge in [-0.05, 0) is 6.08 Å². The Bertz CT molecular complexity index is 364. The smallest absolute Gasteiger partial charge is 0.322 e. The number of fused-ring (bicyclic) bond motifs is 1. The quantitative estimate of drug-likeness (QED) is 0.565. The molecule has 0 bridgehead atoms. The van der Waals surface area contributed by atoms with E-state index in [9.17, 15) is 4.79 Å². The van der Waals surface area contributed by atoms with Crippen molar-refractivity contribution in [1.82, 2.24) is 4.90 Å². The Kier molecular flexibility index (Phi) is 1.70. The summed E-state index contributed by atoms with van der Waals surface area (Å²) >= 11 is 0. The number of amides is 2. The maximum Gasteiger partial charge on any atom is 0.322 e. The molecule has 0 aromatic carbocycles. The monoisotopic (exact) mass is 176 g/mol. The lowest BCUT2D eigenvalue weighted by Gasteiger charge is -2.19. The molecule has 0 aromatic rings. The van der Waals surface area contributed by atoms with Crippen molar-refractivity contribution in [3.8, 4) is 0 Å². The number of primary amides is 1. The van der Waals surface area contributed by atoms with Gasteiger partial charge in [0.1, 0.15) is 6.34 Å². The van der Waals surface area contributed by atoms with Crippen molar-refractivity contribution in [2.24, 2.45) is 15.7 Å². The van der Waals surface area contributed by atoms with Gasteiger partial charge in [-0.1, -0.05) is 0 Å². The van der Waals surface area contributed by atoms with Gasteiger partial charge in [-0.3, -0.25) is 9.89 Å². The van der Waals surface area contributed by atoms with Crippen LogP contribution in [0.5, 0.6) is 0 Å². The van der Waals surface area contributed by atoms with E-state index in [-0.39, 0.29) is 0 Å². The van der Waals surface area contributed by atoms with Crippen LogP contribution in [0.3, 0.4) is 0 Å². The average Bonchev–Trinajstić information content (AvgIpc) is 2.17. The molecule has 2 aliphatic heterocycles. The second kappa shape index (κ2) is 2.85. The number of allylic oxidation sites excluding steroid dienone is 1. The summed E-state index contributed by atoms with van der Waals surface area (Å²) in [6, 6.07) is -0.502. The number of nitrogens with zero attached hydrogens (tertiary/aromatic N) is 3. The Balaban J connectivity index is 2.30. The molecule has 2 amide bonds. The molecule has 5 heteroatoms. The van der Waals surface area contributed by atoms with E-state index in [1.807, 2.05) is 0 Å². The van der Waals surface area contributed by atoms with E-state index >= 15 is 0 Å². The van der Waals surface area contributed by atoms with Gasteiger partial charge in [-0.25, -0.2) is 9.79 Å². The molecule has 0 aliphatic carbocycles. The number of nitrogens with two attached hydrogens (primary N) is 1. The SMILES string of the molecule is NC(=O)N1C=CC2=NC=NCC2=C1. The predicted molar refractivity (Wildman–Crippen MR) is 49.4 cm³/mol. The molecule has 0 atom stereocenters. The van der Waals surface area contributed by atoms with E-state index < -0.39 is 6.03 Å². The van der Waals surface area contributed by atoms with Gasteiger partial charge in [-0.15, -0.1) is 0 Å². The van der Waals surface area contributed by atoms with Crippen molar-refractivity contribution >= 4 is 18.1 Å². The highest BCUT2D eigenvalue weighted by atomic mass is 16.2. The van der Waals surface area contributed by atoms with Gasteiger partial charge in [-0.2, -0.15) is 0 Å². The second-order valence-electron chi connectivity index (χ2n) is 2.69. The number of hydrogen-bond acceptors (Lipinski definition) is 3. The standard InChI is InChI=1S/C8H8N4O/c9-8(13)12-2-1-7-6(4-12)3-10-5-11-7/h1-2,4-5H,3H2,(H2,9,13). The van der Waals surface area contributed by atoms with Gasteiger partial charge >= 0.3 is 6.03 Å². The van der Waals surface area contributed by atoms with Crippen LogP contribution in [0, 0.1) is 0 Å². The number of carbonyl (C=O) groups is 1. The predicted octanol–water partition coefficient (Wildman–Crippen LogP) is 0.261. The van der Waals surface area contributed by atoms with E-state index in [0.717, 1.165) is 11.3 Å². The van der Waals surface area contributed by atoms with Gasteiger partial charge in [0.15, 0.2) is 0 Å². The summed E-state index contributed by atoms with van der Waals surface area (Å²) in [5.74, 6) is 0. The first-order valence-electron chi connectivity index (χ1n) is 3.80. The minimum atomic E-state index is -0.502. The Morgan fingerprint density at radius 1 is 1.62 bits per heavy atom. The van der Waals surface area contributed by atoms with E-state index in [0.29, 0.717) is 6.54 Å². The van der Waals surface area contributed by atoms with Crippen LogP contribution in [-0.4, -0.2) is 29.5 Å². The molecular formula is C8H8N4O. The number of aliphatic imine (C=N–C) groups is 2. The zero-order valence-electron chi connectivity index (χ0n) is 6.84. The molecule has 0 unspecified atom stereocenters. The molecule has 2 rings (SSSR count). The van der Waals surface area contributed by atoms with Crippen molar-refractivity contribution in [3.05, 3.63) is 24.0 Å². The summed E-state index contributed by atoms with van der Waals surface area (Å²) in [6.45, 7) is 0.549. The first-order valence-corrected chi connectivity index (χ1v) is 3.80. The number of hydrogen-bond donors (Lipinski definition) is 1. The topological polar surface area (TPSA) is 71.1 Å². The molecule has 0 aromatic heterocycles. The van der Waals surface area contributed by atoms with Crippen LogP contribution in [0.2, 0.25) is 0 Å². The van der Waals surface area contributed by atoms with Crippen LogP contribution >= 0.6 is 0 Å². The summed E-state index contributed by atoms with van der Waals surface area (Å²) in [5, 5.41) is 0. The Morgan fingerprint density at radius 2 is 2.46 bits per heavy atom.